The van der Waals surface area contributed by atoms with Crippen LogP contribution in [0.3, 0.4) is 0 Å². The summed E-state index contributed by atoms with van der Waals surface area (Å²) >= 11 is 0. The third-order valence-electron chi connectivity index (χ3n) is 5.17. The lowest BCUT2D eigenvalue weighted by molar-refractivity contribution is 0.171. The van der Waals surface area contributed by atoms with Gasteiger partial charge in [-0.15, -0.1) is 0 Å². The summed E-state index contributed by atoms with van der Waals surface area (Å²) in [7, 11) is 0. The van der Waals surface area contributed by atoms with Gasteiger partial charge in [0.1, 0.15) is 13.2 Å². The molecular formula is C20H19N5O4. The van der Waals surface area contributed by atoms with Gasteiger partial charge in [0.2, 0.25) is 5.95 Å². The van der Waals surface area contributed by atoms with Gasteiger partial charge in [-0.2, -0.15) is 0 Å². The Morgan fingerprint density at radius 3 is 2.48 bits per heavy atom. The highest BCUT2D eigenvalue weighted by atomic mass is 16.6. The molecule has 3 aromatic rings. The van der Waals surface area contributed by atoms with E-state index in [1.54, 1.807) is 0 Å². The molecule has 9 heteroatoms. The van der Waals surface area contributed by atoms with Crippen LogP contribution in [0.25, 0.3) is 11.0 Å². The number of hydrogen-bond donors (Lipinski definition) is 2. The standard InChI is InChI=1S/C20H19N5O4/c21-19-23-18(11-2-3-14-15(8-11)29-7-6-28-14)25-13-10-17-16(26-4-1-5-27-17)9-12(13)22-20(25)24-19/h2-3,8-10,18H,1,4-7H2,(H3,21,22,23,24)/t18-/m0/s1. The summed E-state index contributed by atoms with van der Waals surface area (Å²) in [6.45, 7) is 2.32. The lowest BCUT2D eigenvalue weighted by Crippen LogP contribution is -2.31. The van der Waals surface area contributed by atoms with Crippen molar-refractivity contribution in [3.05, 3.63) is 35.9 Å². The van der Waals surface area contributed by atoms with E-state index in [9.17, 15) is 0 Å². The molecule has 1 atom stereocenters. The molecule has 0 radical (unpaired) electrons. The highest BCUT2D eigenvalue weighted by Crippen LogP contribution is 2.40. The minimum Gasteiger partial charge on any atom is -0.489 e. The molecule has 3 aliphatic rings. The molecule has 9 nitrogen and oxygen atoms in total. The molecule has 6 rings (SSSR count). The van der Waals surface area contributed by atoms with E-state index >= 15 is 0 Å². The van der Waals surface area contributed by atoms with E-state index in [-0.39, 0.29) is 0 Å². The van der Waals surface area contributed by atoms with Gasteiger partial charge in [-0.1, -0.05) is 6.07 Å². The highest BCUT2D eigenvalue weighted by molar-refractivity contribution is 5.95. The molecule has 0 aliphatic carbocycles. The number of imidazole rings is 1. The number of anilines is 1. The monoisotopic (exact) mass is 393 g/mol. The minimum absolute atomic E-state index is 0.307. The minimum atomic E-state index is -0.392. The Morgan fingerprint density at radius 1 is 0.897 bits per heavy atom. The molecule has 148 valence electrons. The first-order valence-corrected chi connectivity index (χ1v) is 9.58. The van der Waals surface area contributed by atoms with Gasteiger partial charge in [-0.3, -0.25) is 9.88 Å². The molecule has 0 fully saturated rings. The molecule has 2 aromatic carbocycles. The highest BCUT2D eigenvalue weighted by Gasteiger charge is 2.28. The van der Waals surface area contributed by atoms with Crippen molar-refractivity contribution in [2.45, 2.75) is 12.6 Å². The van der Waals surface area contributed by atoms with Crippen molar-refractivity contribution < 1.29 is 18.9 Å². The van der Waals surface area contributed by atoms with Gasteiger partial charge in [-0.05, 0) is 12.1 Å². The Balaban J connectivity index is 1.51. The van der Waals surface area contributed by atoms with Crippen LogP contribution in [-0.4, -0.2) is 41.9 Å². The van der Waals surface area contributed by atoms with E-state index in [0.717, 1.165) is 28.8 Å². The fraction of sp³-hybridized carbons (Fsp3) is 0.300. The molecule has 0 saturated carbocycles. The normalized spacial score (nSPS) is 19.7. The van der Waals surface area contributed by atoms with Crippen molar-refractivity contribution in [1.82, 2.24) is 9.55 Å². The van der Waals surface area contributed by atoms with Crippen LogP contribution in [-0.2, 0) is 0 Å². The summed E-state index contributed by atoms with van der Waals surface area (Å²) in [5, 5.41) is 3.06. The number of aromatic nitrogens is 2. The zero-order chi connectivity index (χ0) is 19.4. The average Bonchev–Trinajstić information content (AvgIpc) is 2.92. The van der Waals surface area contributed by atoms with Crippen LogP contribution >= 0.6 is 0 Å². The largest absolute Gasteiger partial charge is 0.489 e. The van der Waals surface area contributed by atoms with Crippen LogP contribution in [0.15, 0.2) is 35.3 Å². The number of guanidine groups is 1. The summed E-state index contributed by atoms with van der Waals surface area (Å²) in [4.78, 5) is 9.34. The third-order valence-corrected chi connectivity index (χ3v) is 5.17. The lowest BCUT2D eigenvalue weighted by Gasteiger charge is -2.25. The van der Waals surface area contributed by atoms with Crippen molar-refractivity contribution in [3.63, 3.8) is 0 Å². The van der Waals surface area contributed by atoms with Crippen molar-refractivity contribution in [2.24, 2.45) is 10.7 Å². The Kier molecular flexibility index (Phi) is 3.49. The summed E-state index contributed by atoms with van der Waals surface area (Å²) in [6.07, 6.45) is 0.455. The van der Waals surface area contributed by atoms with Gasteiger partial charge in [0.25, 0.3) is 0 Å². The number of nitrogens with one attached hydrogen (secondary N) is 1. The maximum atomic E-state index is 6.06. The summed E-state index contributed by atoms with van der Waals surface area (Å²) in [5.74, 6) is 3.78. The molecule has 0 amide bonds. The smallest absolute Gasteiger partial charge is 0.212 e. The van der Waals surface area contributed by atoms with Crippen LogP contribution in [0.2, 0.25) is 0 Å². The fourth-order valence-corrected chi connectivity index (χ4v) is 3.87. The van der Waals surface area contributed by atoms with E-state index in [0.29, 0.717) is 55.6 Å². The van der Waals surface area contributed by atoms with Gasteiger partial charge in [0, 0.05) is 24.1 Å². The van der Waals surface area contributed by atoms with Gasteiger partial charge >= 0.3 is 0 Å². The van der Waals surface area contributed by atoms with Gasteiger partial charge in [-0.25, -0.2) is 9.98 Å². The fourth-order valence-electron chi connectivity index (χ4n) is 3.87. The summed E-state index contributed by atoms with van der Waals surface area (Å²) in [5.41, 5.74) is 8.65. The van der Waals surface area contributed by atoms with E-state index < -0.39 is 6.17 Å². The Morgan fingerprint density at radius 2 is 1.62 bits per heavy atom. The number of rotatable bonds is 1. The third kappa shape index (κ3) is 2.61. The number of nitrogens with two attached hydrogens (primary N) is 1. The Bertz CT molecular complexity index is 1160. The number of hydrogen-bond acceptors (Lipinski definition) is 8. The van der Waals surface area contributed by atoms with Crippen molar-refractivity contribution in [1.29, 1.82) is 0 Å². The Labute approximate surface area is 166 Å². The summed E-state index contributed by atoms with van der Waals surface area (Å²) < 4.78 is 25.1. The molecule has 3 aliphatic heterocycles. The molecule has 0 bridgehead atoms. The lowest BCUT2D eigenvalue weighted by atomic mass is 10.1. The second-order valence-electron chi connectivity index (χ2n) is 7.06. The molecular weight excluding hydrogens is 374 g/mol. The molecule has 0 saturated heterocycles. The second-order valence-corrected chi connectivity index (χ2v) is 7.06. The van der Waals surface area contributed by atoms with Crippen LogP contribution in [0.1, 0.15) is 18.2 Å². The Hall–Kier alpha value is -3.62. The first kappa shape index (κ1) is 16.3. The number of ether oxygens (including phenoxy) is 4. The van der Waals surface area contributed by atoms with Crippen molar-refractivity contribution in [3.8, 4) is 23.0 Å². The van der Waals surface area contributed by atoms with Crippen LogP contribution in [0.4, 0.5) is 5.95 Å². The quantitative estimate of drug-likeness (QED) is 0.653. The first-order valence-electron chi connectivity index (χ1n) is 9.58. The topological polar surface area (TPSA) is 105 Å². The number of fused-ring (bicyclic) bond motifs is 5. The molecule has 0 unspecified atom stereocenters. The van der Waals surface area contributed by atoms with Crippen LogP contribution < -0.4 is 30.0 Å². The zero-order valence-electron chi connectivity index (χ0n) is 15.6. The second kappa shape index (κ2) is 6.20. The molecule has 0 spiro atoms. The van der Waals surface area contributed by atoms with E-state index in [4.69, 9.17) is 29.7 Å². The van der Waals surface area contributed by atoms with Gasteiger partial charge in [0.15, 0.2) is 35.1 Å². The zero-order valence-corrected chi connectivity index (χ0v) is 15.6. The first-order chi connectivity index (χ1) is 14.3. The van der Waals surface area contributed by atoms with Crippen molar-refractivity contribution >= 4 is 22.9 Å². The van der Waals surface area contributed by atoms with E-state index in [1.165, 1.54) is 0 Å². The SMILES string of the molecule is NC1=N[C@H](c2ccc3c(c2)OCCO3)n2c(nc3cc4c(cc32)OCCCO4)N1. The predicted molar refractivity (Wildman–Crippen MR) is 106 cm³/mol. The average molecular weight is 393 g/mol. The van der Waals surface area contributed by atoms with E-state index in [2.05, 4.69) is 10.3 Å². The van der Waals surface area contributed by atoms with E-state index in [1.807, 2.05) is 34.9 Å². The molecule has 29 heavy (non-hydrogen) atoms. The summed E-state index contributed by atoms with van der Waals surface area (Å²) in [6, 6.07) is 9.68. The number of nitrogens with zero attached hydrogens (tertiary/aromatic N) is 3. The van der Waals surface area contributed by atoms with Crippen LogP contribution in [0, 0.1) is 0 Å². The number of aliphatic imine (C=N–C) groups is 1. The van der Waals surface area contributed by atoms with Crippen LogP contribution in [0.5, 0.6) is 23.0 Å². The maximum Gasteiger partial charge on any atom is 0.212 e. The molecule has 3 N–H and O–H groups in total. The maximum absolute atomic E-state index is 6.06. The molecule has 4 heterocycles. The van der Waals surface area contributed by atoms with Gasteiger partial charge in [0.05, 0.1) is 24.2 Å². The van der Waals surface area contributed by atoms with Gasteiger partial charge < -0.3 is 24.7 Å². The molecule has 1 aromatic heterocycles. The predicted octanol–water partition coefficient (Wildman–Crippen LogP) is 2.26. The number of benzene rings is 2. The van der Waals surface area contributed by atoms with Crippen molar-refractivity contribution in [2.75, 3.05) is 31.7 Å².